The van der Waals surface area contributed by atoms with Crippen LogP contribution in [-0.4, -0.2) is 64.7 Å². The van der Waals surface area contributed by atoms with Gasteiger partial charge in [-0.15, -0.1) is 0 Å². The number of aromatic nitrogens is 1. The van der Waals surface area contributed by atoms with Gasteiger partial charge in [-0.1, -0.05) is 5.16 Å². The predicted octanol–water partition coefficient (Wildman–Crippen LogP) is 0.450. The van der Waals surface area contributed by atoms with E-state index < -0.39 is 12.0 Å². The van der Waals surface area contributed by atoms with Crippen LogP contribution in [0, 0.1) is 13.8 Å². The lowest BCUT2D eigenvalue weighted by molar-refractivity contribution is -0.148. The first-order valence-electron chi connectivity index (χ1n) is 6.91. The van der Waals surface area contributed by atoms with Gasteiger partial charge in [0.2, 0.25) is 5.91 Å². The molecule has 0 aromatic carbocycles. The number of aliphatic carboxylic acids is 1. The van der Waals surface area contributed by atoms with Crippen molar-refractivity contribution in [2.45, 2.75) is 38.8 Å². The molecule has 1 fully saturated rings. The lowest BCUT2D eigenvalue weighted by Gasteiger charge is -2.22. The Kier molecular flexibility index (Phi) is 4.32. The second-order valence-electron chi connectivity index (χ2n) is 5.73. The quantitative estimate of drug-likeness (QED) is 0.868. The Labute approximate surface area is 123 Å². The van der Waals surface area contributed by atoms with Crippen molar-refractivity contribution in [1.82, 2.24) is 15.0 Å². The molecule has 2 heterocycles. The molecule has 0 radical (unpaired) electrons. The molecule has 0 spiro atoms. The zero-order valence-corrected chi connectivity index (χ0v) is 12.8. The van der Waals surface area contributed by atoms with E-state index in [-0.39, 0.29) is 18.4 Å². The van der Waals surface area contributed by atoms with Crippen molar-refractivity contribution in [3.05, 3.63) is 17.0 Å². The van der Waals surface area contributed by atoms with Crippen LogP contribution in [0.25, 0.3) is 0 Å². The van der Waals surface area contributed by atoms with Crippen LogP contribution < -0.4 is 0 Å². The Morgan fingerprint density at radius 2 is 2.10 bits per heavy atom. The Hall–Kier alpha value is -1.89. The number of carbonyl (C=O) groups excluding carboxylic acids is 1. The monoisotopic (exact) mass is 295 g/mol. The molecule has 2 rings (SSSR count). The van der Waals surface area contributed by atoms with Crippen LogP contribution in [0.1, 0.15) is 23.4 Å². The molecule has 21 heavy (non-hydrogen) atoms. The van der Waals surface area contributed by atoms with Crippen LogP contribution in [0.3, 0.4) is 0 Å². The molecule has 7 heteroatoms. The molecule has 1 aromatic heterocycles. The summed E-state index contributed by atoms with van der Waals surface area (Å²) in [6.07, 6.45) is 0.584. The first-order chi connectivity index (χ1) is 9.81. The highest BCUT2D eigenvalue weighted by Crippen LogP contribution is 2.23. The molecule has 0 bridgehead atoms. The van der Waals surface area contributed by atoms with E-state index in [9.17, 15) is 14.7 Å². The maximum atomic E-state index is 12.5. The highest BCUT2D eigenvalue weighted by molar-refractivity contribution is 5.86. The van der Waals surface area contributed by atoms with Crippen LogP contribution in [0.2, 0.25) is 0 Å². The Morgan fingerprint density at radius 3 is 2.57 bits per heavy atom. The SMILES string of the molecule is Cc1noc(C)c1CC(=O)N1C[C@H](N(C)C)C[C@H]1C(=O)O. The number of hydrogen-bond acceptors (Lipinski definition) is 5. The number of nitrogens with zero attached hydrogens (tertiary/aromatic N) is 3. The smallest absolute Gasteiger partial charge is 0.326 e. The van der Waals surface area contributed by atoms with Crippen molar-refractivity contribution in [1.29, 1.82) is 0 Å². The second kappa shape index (κ2) is 5.85. The Bertz CT molecular complexity index is 533. The van der Waals surface area contributed by atoms with Crippen molar-refractivity contribution in [2.24, 2.45) is 0 Å². The third-order valence-corrected chi connectivity index (χ3v) is 4.12. The summed E-state index contributed by atoms with van der Waals surface area (Å²) in [6, 6.07) is -0.690. The lowest BCUT2D eigenvalue weighted by Crippen LogP contribution is -2.41. The normalized spacial score (nSPS) is 22.0. The molecule has 2 atom stereocenters. The van der Waals surface area contributed by atoms with Crippen LogP contribution in [0.5, 0.6) is 0 Å². The number of carbonyl (C=O) groups is 2. The average molecular weight is 295 g/mol. The number of amides is 1. The molecule has 1 aliphatic rings. The third kappa shape index (κ3) is 3.07. The minimum absolute atomic E-state index is 0.0692. The summed E-state index contributed by atoms with van der Waals surface area (Å²) in [7, 11) is 3.79. The molecule has 0 unspecified atom stereocenters. The molecule has 1 saturated heterocycles. The first kappa shape index (κ1) is 15.5. The summed E-state index contributed by atoms with van der Waals surface area (Å²) in [6.45, 7) is 3.97. The molecule has 0 aliphatic carbocycles. The van der Waals surface area contributed by atoms with Gasteiger partial charge in [-0.25, -0.2) is 4.79 Å². The first-order valence-corrected chi connectivity index (χ1v) is 6.91. The van der Waals surface area contributed by atoms with Gasteiger partial charge >= 0.3 is 5.97 Å². The van der Waals surface area contributed by atoms with E-state index in [0.717, 1.165) is 5.56 Å². The van der Waals surface area contributed by atoms with Gasteiger partial charge in [0.1, 0.15) is 11.8 Å². The van der Waals surface area contributed by atoms with Crippen LogP contribution >= 0.6 is 0 Å². The molecule has 1 aliphatic heterocycles. The van der Waals surface area contributed by atoms with Crippen LogP contribution in [0.15, 0.2) is 4.52 Å². The number of hydrogen-bond donors (Lipinski definition) is 1. The zero-order valence-electron chi connectivity index (χ0n) is 12.8. The molecule has 1 aromatic rings. The zero-order chi connectivity index (χ0) is 15.7. The van der Waals surface area contributed by atoms with E-state index in [1.165, 1.54) is 4.90 Å². The van der Waals surface area contributed by atoms with Crippen molar-refractivity contribution in [3.8, 4) is 0 Å². The van der Waals surface area contributed by atoms with E-state index in [1.54, 1.807) is 13.8 Å². The van der Waals surface area contributed by atoms with Crippen molar-refractivity contribution in [3.63, 3.8) is 0 Å². The van der Waals surface area contributed by atoms with Gasteiger partial charge in [0, 0.05) is 18.2 Å². The fourth-order valence-electron chi connectivity index (χ4n) is 2.70. The molecule has 7 nitrogen and oxygen atoms in total. The molecular weight excluding hydrogens is 274 g/mol. The minimum atomic E-state index is -0.952. The summed E-state index contributed by atoms with van der Waals surface area (Å²) in [4.78, 5) is 27.3. The highest BCUT2D eigenvalue weighted by atomic mass is 16.5. The topological polar surface area (TPSA) is 86.9 Å². The van der Waals surface area contributed by atoms with E-state index in [4.69, 9.17) is 4.52 Å². The molecular formula is C14H21N3O4. The van der Waals surface area contributed by atoms with Crippen LogP contribution in [-0.2, 0) is 16.0 Å². The number of likely N-dealkylation sites (tertiary alicyclic amines) is 1. The molecule has 116 valence electrons. The Balaban J connectivity index is 2.15. The van der Waals surface area contributed by atoms with Gasteiger partial charge in [-0.2, -0.15) is 0 Å². The predicted molar refractivity (Wildman–Crippen MR) is 74.9 cm³/mol. The van der Waals surface area contributed by atoms with E-state index in [1.807, 2.05) is 19.0 Å². The maximum Gasteiger partial charge on any atom is 0.326 e. The number of carboxylic acid groups (broad SMARTS) is 1. The lowest BCUT2D eigenvalue weighted by atomic mass is 10.1. The van der Waals surface area contributed by atoms with Gasteiger partial charge in [0.15, 0.2) is 0 Å². The van der Waals surface area contributed by atoms with E-state index >= 15 is 0 Å². The fourth-order valence-corrected chi connectivity index (χ4v) is 2.70. The van der Waals surface area contributed by atoms with Crippen molar-refractivity contribution < 1.29 is 19.2 Å². The van der Waals surface area contributed by atoms with Gasteiger partial charge in [-0.3, -0.25) is 4.79 Å². The third-order valence-electron chi connectivity index (χ3n) is 4.12. The fraction of sp³-hybridized carbons (Fsp3) is 0.643. The summed E-state index contributed by atoms with van der Waals surface area (Å²) < 4.78 is 5.05. The second-order valence-corrected chi connectivity index (χ2v) is 5.73. The summed E-state index contributed by atoms with van der Waals surface area (Å²) in [5, 5.41) is 13.1. The van der Waals surface area contributed by atoms with E-state index in [0.29, 0.717) is 24.4 Å². The van der Waals surface area contributed by atoms with Gasteiger partial charge in [0.05, 0.1) is 12.1 Å². The average Bonchev–Trinajstić information content (AvgIpc) is 2.97. The Morgan fingerprint density at radius 1 is 1.43 bits per heavy atom. The standard InChI is InChI=1S/C14H21N3O4/c1-8-11(9(2)21-15-8)6-13(18)17-7-10(16(3)4)5-12(17)14(19)20/h10,12H,5-7H2,1-4H3,(H,19,20)/t10-,12+/m1/s1. The molecule has 0 saturated carbocycles. The summed E-state index contributed by atoms with van der Waals surface area (Å²) in [5.41, 5.74) is 1.42. The number of carboxylic acids is 1. The molecule has 1 amide bonds. The summed E-state index contributed by atoms with van der Waals surface area (Å²) >= 11 is 0. The van der Waals surface area contributed by atoms with Crippen molar-refractivity contribution >= 4 is 11.9 Å². The number of likely N-dealkylation sites (N-methyl/N-ethyl adjacent to an activating group) is 1. The number of rotatable bonds is 4. The van der Waals surface area contributed by atoms with Gasteiger partial charge in [0.25, 0.3) is 0 Å². The minimum Gasteiger partial charge on any atom is -0.480 e. The molecule has 1 N–H and O–H groups in total. The van der Waals surface area contributed by atoms with E-state index in [2.05, 4.69) is 5.16 Å². The van der Waals surface area contributed by atoms with Gasteiger partial charge < -0.3 is 19.4 Å². The summed E-state index contributed by atoms with van der Waals surface area (Å²) in [5.74, 6) is -0.538. The van der Waals surface area contributed by atoms with Crippen LogP contribution in [0.4, 0.5) is 0 Å². The van der Waals surface area contributed by atoms with Gasteiger partial charge in [-0.05, 0) is 34.4 Å². The maximum absolute atomic E-state index is 12.5. The number of aryl methyl sites for hydroxylation is 2. The largest absolute Gasteiger partial charge is 0.480 e. The highest BCUT2D eigenvalue weighted by Gasteiger charge is 2.40. The van der Waals surface area contributed by atoms with Crippen molar-refractivity contribution in [2.75, 3.05) is 20.6 Å².